The van der Waals surface area contributed by atoms with E-state index in [9.17, 15) is 4.79 Å². The third-order valence-corrected chi connectivity index (χ3v) is 2.40. The second-order valence-electron chi connectivity index (χ2n) is 3.82. The molecule has 0 N–H and O–H groups in total. The molecule has 0 spiro atoms. The minimum atomic E-state index is -0.272. The lowest BCUT2D eigenvalue weighted by molar-refractivity contribution is -0.139. The van der Waals surface area contributed by atoms with Crippen molar-refractivity contribution in [2.45, 2.75) is 26.2 Å². The highest BCUT2D eigenvalue weighted by molar-refractivity contribution is 5.86. The average Bonchev–Trinajstić information content (AvgIpc) is 2.64. The summed E-state index contributed by atoms with van der Waals surface area (Å²) in [7, 11) is 0. The van der Waals surface area contributed by atoms with Crippen molar-refractivity contribution in [3.05, 3.63) is 12.2 Å². The van der Waals surface area contributed by atoms with E-state index in [0.29, 0.717) is 12.2 Å². The van der Waals surface area contributed by atoms with Gasteiger partial charge in [0, 0.05) is 12.1 Å². The Bertz CT molecular complexity index is 207. The maximum Gasteiger partial charge on any atom is 0.333 e. The molecular weight excluding hydrogens is 178 g/mol. The average molecular weight is 197 g/mol. The first kappa shape index (κ1) is 11.2. The molecule has 0 radical (unpaired) electrons. The van der Waals surface area contributed by atoms with Crippen LogP contribution in [0.25, 0.3) is 0 Å². The van der Waals surface area contributed by atoms with Crippen molar-refractivity contribution in [1.29, 1.82) is 0 Å². The molecule has 0 aliphatic carbocycles. The summed E-state index contributed by atoms with van der Waals surface area (Å²) in [5.41, 5.74) is 0.478. The van der Waals surface area contributed by atoms with Gasteiger partial charge in [0.15, 0.2) is 0 Å². The lowest BCUT2D eigenvalue weighted by atomic mass is 10.3. The molecule has 0 bridgehead atoms. The van der Waals surface area contributed by atoms with Crippen molar-refractivity contribution < 1.29 is 9.53 Å². The molecule has 3 nitrogen and oxygen atoms in total. The van der Waals surface area contributed by atoms with Gasteiger partial charge in [0.1, 0.15) is 0 Å². The Morgan fingerprint density at radius 1 is 1.43 bits per heavy atom. The number of rotatable bonds is 5. The van der Waals surface area contributed by atoms with Crippen molar-refractivity contribution >= 4 is 5.97 Å². The highest BCUT2D eigenvalue weighted by atomic mass is 16.5. The maximum atomic E-state index is 11.0. The Balaban J connectivity index is 1.98. The third kappa shape index (κ3) is 3.92. The molecule has 0 atom stereocenters. The van der Waals surface area contributed by atoms with Gasteiger partial charge in [-0.2, -0.15) is 0 Å². The highest BCUT2D eigenvalue weighted by Gasteiger charge is 2.10. The van der Waals surface area contributed by atoms with Gasteiger partial charge in [-0.3, -0.25) is 0 Å². The summed E-state index contributed by atoms with van der Waals surface area (Å²) in [4.78, 5) is 13.4. The maximum absolute atomic E-state index is 11.0. The van der Waals surface area contributed by atoms with E-state index in [1.54, 1.807) is 6.92 Å². The van der Waals surface area contributed by atoms with Crippen molar-refractivity contribution in [3.63, 3.8) is 0 Å². The number of likely N-dealkylation sites (tertiary alicyclic amines) is 1. The van der Waals surface area contributed by atoms with Crippen molar-refractivity contribution in [3.8, 4) is 0 Å². The normalized spacial score (nSPS) is 16.9. The van der Waals surface area contributed by atoms with E-state index >= 15 is 0 Å². The fraction of sp³-hybridized carbons (Fsp3) is 0.727. The number of ether oxygens (including phenoxy) is 1. The van der Waals surface area contributed by atoms with Crippen LogP contribution in [0, 0.1) is 0 Å². The molecule has 0 aromatic carbocycles. The van der Waals surface area contributed by atoms with Crippen LogP contribution in [-0.2, 0) is 9.53 Å². The predicted octanol–water partition coefficient (Wildman–Crippen LogP) is 1.59. The Labute approximate surface area is 85.7 Å². The predicted molar refractivity (Wildman–Crippen MR) is 56.1 cm³/mol. The second-order valence-corrected chi connectivity index (χ2v) is 3.82. The number of carbonyl (C=O) groups is 1. The van der Waals surface area contributed by atoms with Crippen LogP contribution in [-0.4, -0.2) is 37.1 Å². The molecule has 1 heterocycles. The van der Waals surface area contributed by atoms with Gasteiger partial charge in [0.25, 0.3) is 0 Å². The SMILES string of the molecule is C=C(C)C(=O)OCCCN1CCCC1. The Morgan fingerprint density at radius 2 is 2.07 bits per heavy atom. The first-order chi connectivity index (χ1) is 6.70. The van der Waals surface area contributed by atoms with Gasteiger partial charge in [0.2, 0.25) is 0 Å². The largest absolute Gasteiger partial charge is 0.462 e. The monoisotopic (exact) mass is 197 g/mol. The van der Waals surface area contributed by atoms with Crippen molar-refractivity contribution in [2.75, 3.05) is 26.2 Å². The molecule has 1 fully saturated rings. The van der Waals surface area contributed by atoms with Crippen molar-refractivity contribution in [2.24, 2.45) is 0 Å². The van der Waals surface area contributed by atoms with Crippen LogP contribution in [0.15, 0.2) is 12.2 Å². The van der Waals surface area contributed by atoms with Crippen LogP contribution in [0.5, 0.6) is 0 Å². The van der Waals surface area contributed by atoms with E-state index in [1.807, 2.05) is 0 Å². The van der Waals surface area contributed by atoms with Crippen LogP contribution >= 0.6 is 0 Å². The van der Waals surface area contributed by atoms with Gasteiger partial charge in [-0.05, 0) is 39.3 Å². The van der Waals surface area contributed by atoms with Crippen LogP contribution in [0.3, 0.4) is 0 Å². The van der Waals surface area contributed by atoms with E-state index in [4.69, 9.17) is 4.74 Å². The molecule has 0 saturated carbocycles. The Kier molecular flexibility index (Phi) is 4.66. The molecular formula is C11H19NO2. The van der Waals surface area contributed by atoms with Gasteiger partial charge in [-0.1, -0.05) is 6.58 Å². The number of carbonyl (C=O) groups excluding carboxylic acids is 1. The van der Waals surface area contributed by atoms with Crippen LogP contribution < -0.4 is 0 Å². The first-order valence-corrected chi connectivity index (χ1v) is 5.25. The summed E-state index contributed by atoms with van der Waals surface area (Å²) < 4.78 is 5.00. The number of esters is 1. The minimum absolute atomic E-state index is 0.272. The standard InChI is InChI=1S/C11H19NO2/c1-10(2)11(13)14-9-5-8-12-6-3-4-7-12/h1,3-9H2,2H3. The third-order valence-electron chi connectivity index (χ3n) is 2.40. The topological polar surface area (TPSA) is 29.5 Å². The van der Waals surface area contributed by atoms with Crippen LogP contribution in [0.2, 0.25) is 0 Å². The Morgan fingerprint density at radius 3 is 2.64 bits per heavy atom. The first-order valence-electron chi connectivity index (χ1n) is 5.25. The molecule has 0 aromatic heterocycles. The molecule has 80 valence electrons. The van der Waals surface area contributed by atoms with Gasteiger partial charge in [0.05, 0.1) is 6.61 Å². The molecule has 0 unspecified atom stereocenters. The van der Waals surface area contributed by atoms with Gasteiger partial charge >= 0.3 is 5.97 Å². The molecule has 14 heavy (non-hydrogen) atoms. The quantitative estimate of drug-likeness (QED) is 0.381. The summed E-state index contributed by atoms with van der Waals surface area (Å²) in [6, 6.07) is 0. The van der Waals surface area contributed by atoms with E-state index in [0.717, 1.165) is 13.0 Å². The van der Waals surface area contributed by atoms with E-state index in [2.05, 4.69) is 11.5 Å². The minimum Gasteiger partial charge on any atom is -0.462 e. The summed E-state index contributed by atoms with van der Waals surface area (Å²) in [6.45, 7) is 9.16. The molecule has 1 rings (SSSR count). The highest BCUT2D eigenvalue weighted by Crippen LogP contribution is 2.07. The van der Waals surface area contributed by atoms with Crippen molar-refractivity contribution in [1.82, 2.24) is 4.90 Å². The summed E-state index contributed by atoms with van der Waals surface area (Å²) >= 11 is 0. The van der Waals surface area contributed by atoms with Gasteiger partial charge in [-0.15, -0.1) is 0 Å². The smallest absolute Gasteiger partial charge is 0.333 e. The number of nitrogens with zero attached hydrogens (tertiary/aromatic N) is 1. The fourth-order valence-electron chi connectivity index (χ4n) is 1.58. The molecule has 0 amide bonds. The van der Waals surface area contributed by atoms with E-state index in [1.165, 1.54) is 25.9 Å². The van der Waals surface area contributed by atoms with Gasteiger partial charge < -0.3 is 9.64 Å². The van der Waals surface area contributed by atoms with E-state index < -0.39 is 0 Å². The van der Waals surface area contributed by atoms with Crippen LogP contribution in [0.1, 0.15) is 26.2 Å². The molecule has 1 saturated heterocycles. The molecule has 0 aromatic rings. The second kappa shape index (κ2) is 5.81. The summed E-state index contributed by atoms with van der Waals surface area (Å²) in [5.74, 6) is -0.272. The van der Waals surface area contributed by atoms with Gasteiger partial charge in [-0.25, -0.2) is 4.79 Å². The van der Waals surface area contributed by atoms with Crippen LogP contribution in [0.4, 0.5) is 0 Å². The summed E-state index contributed by atoms with van der Waals surface area (Å²) in [6.07, 6.45) is 3.55. The fourth-order valence-corrected chi connectivity index (χ4v) is 1.58. The zero-order chi connectivity index (χ0) is 10.4. The molecule has 3 heteroatoms. The Hall–Kier alpha value is -0.830. The van der Waals surface area contributed by atoms with E-state index in [-0.39, 0.29) is 5.97 Å². The molecule has 1 aliphatic heterocycles. The zero-order valence-corrected chi connectivity index (χ0v) is 8.92. The lowest BCUT2D eigenvalue weighted by Gasteiger charge is -2.13. The lowest BCUT2D eigenvalue weighted by Crippen LogP contribution is -2.22. The zero-order valence-electron chi connectivity index (χ0n) is 8.92. The molecule has 1 aliphatic rings. The number of hydrogen-bond acceptors (Lipinski definition) is 3. The summed E-state index contributed by atoms with van der Waals surface area (Å²) in [5, 5.41) is 0. The number of hydrogen-bond donors (Lipinski definition) is 0.